The fraction of sp³-hybridized carbons (Fsp3) is 0. The van der Waals surface area contributed by atoms with Crippen LogP contribution < -0.4 is 5.69 Å². The van der Waals surface area contributed by atoms with Crippen molar-refractivity contribution in [2.45, 2.75) is 0 Å². The van der Waals surface area contributed by atoms with Crippen LogP contribution in [0.4, 0.5) is 5.69 Å². The molecule has 0 spiro atoms. The van der Waals surface area contributed by atoms with Gasteiger partial charge in [-0.3, -0.25) is 10.1 Å². The number of nitro groups is 1. The maximum atomic E-state index is 12.3. The lowest BCUT2D eigenvalue weighted by Crippen LogP contribution is -2.22. The largest absolute Gasteiger partial charge is 0.355 e. The lowest BCUT2D eigenvalue weighted by Gasteiger charge is -2.00. The molecule has 0 aliphatic heterocycles. The first-order chi connectivity index (χ1) is 10.2. The molecule has 0 saturated carbocycles. The van der Waals surface area contributed by atoms with Crippen LogP contribution >= 0.6 is 0 Å². The van der Waals surface area contributed by atoms with Crippen LogP contribution in [-0.2, 0) is 0 Å². The summed E-state index contributed by atoms with van der Waals surface area (Å²) in [4.78, 5) is 22.5. The minimum absolute atomic E-state index is 0.0257. The van der Waals surface area contributed by atoms with E-state index >= 15 is 0 Å². The zero-order valence-corrected chi connectivity index (χ0v) is 10.8. The molecule has 7 heteroatoms. The normalized spacial score (nSPS) is 10.5. The van der Waals surface area contributed by atoms with E-state index in [-0.39, 0.29) is 11.4 Å². The number of hydrogen-bond acceptors (Lipinski definition) is 4. The summed E-state index contributed by atoms with van der Waals surface area (Å²) in [5.74, 6) is 0. The quantitative estimate of drug-likeness (QED) is 0.543. The van der Waals surface area contributed by atoms with Crippen LogP contribution in [0, 0.1) is 10.1 Å². The van der Waals surface area contributed by atoms with Gasteiger partial charge in [0.2, 0.25) is 0 Å². The van der Waals surface area contributed by atoms with Crippen LogP contribution in [0.2, 0.25) is 0 Å². The summed E-state index contributed by atoms with van der Waals surface area (Å²) >= 11 is 0. The van der Waals surface area contributed by atoms with E-state index in [4.69, 9.17) is 0 Å². The van der Waals surface area contributed by atoms with Gasteiger partial charge in [-0.05, 0) is 24.3 Å². The van der Waals surface area contributed by atoms with E-state index in [0.29, 0.717) is 11.4 Å². The minimum atomic E-state index is -0.486. The Morgan fingerprint density at radius 2 is 1.62 bits per heavy atom. The van der Waals surface area contributed by atoms with Crippen molar-refractivity contribution in [3.05, 3.63) is 81.5 Å². The third-order valence-corrected chi connectivity index (χ3v) is 3.01. The van der Waals surface area contributed by atoms with Crippen LogP contribution in [0.15, 0.2) is 65.7 Å². The number of aromatic nitrogens is 3. The van der Waals surface area contributed by atoms with Crippen molar-refractivity contribution in [1.82, 2.24) is 14.3 Å². The van der Waals surface area contributed by atoms with Gasteiger partial charge in [0, 0.05) is 12.1 Å². The highest BCUT2D eigenvalue weighted by Crippen LogP contribution is 2.14. The SMILES string of the molecule is O=c1n(-c2ccc([N+](=O)[O-])cc2)cnn1-c1ccccc1. The summed E-state index contributed by atoms with van der Waals surface area (Å²) < 4.78 is 2.60. The summed E-state index contributed by atoms with van der Waals surface area (Å²) in [6.07, 6.45) is 1.39. The molecule has 1 aromatic heterocycles. The van der Waals surface area contributed by atoms with Gasteiger partial charge in [-0.2, -0.15) is 9.78 Å². The number of nitrogens with zero attached hydrogens (tertiary/aromatic N) is 4. The van der Waals surface area contributed by atoms with E-state index in [2.05, 4.69) is 5.10 Å². The van der Waals surface area contributed by atoms with Gasteiger partial charge in [-0.1, -0.05) is 18.2 Å². The second kappa shape index (κ2) is 5.04. The Hall–Kier alpha value is -3.22. The van der Waals surface area contributed by atoms with Gasteiger partial charge >= 0.3 is 5.69 Å². The second-order valence-electron chi connectivity index (χ2n) is 4.30. The van der Waals surface area contributed by atoms with Crippen molar-refractivity contribution in [3.63, 3.8) is 0 Å². The van der Waals surface area contributed by atoms with E-state index in [0.717, 1.165) is 0 Å². The molecule has 104 valence electrons. The van der Waals surface area contributed by atoms with Gasteiger partial charge in [0.15, 0.2) is 0 Å². The Labute approximate surface area is 118 Å². The molecule has 21 heavy (non-hydrogen) atoms. The Morgan fingerprint density at radius 1 is 0.952 bits per heavy atom. The molecule has 1 heterocycles. The van der Waals surface area contributed by atoms with Crippen molar-refractivity contribution in [3.8, 4) is 11.4 Å². The molecule has 0 fully saturated rings. The molecule has 0 unspecified atom stereocenters. The van der Waals surface area contributed by atoms with Gasteiger partial charge in [0.05, 0.1) is 16.3 Å². The molecule has 0 atom stereocenters. The summed E-state index contributed by atoms with van der Waals surface area (Å²) in [7, 11) is 0. The molecule has 0 amide bonds. The van der Waals surface area contributed by atoms with E-state index < -0.39 is 4.92 Å². The zero-order valence-electron chi connectivity index (χ0n) is 10.8. The Balaban J connectivity index is 2.03. The Bertz CT molecular complexity index is 835. The highest BCUT2D eigenvalue weighted by molar-refractivity contribution is 5.41. The third kappa shape index (κ3) is 2.32. The minimum Gasteiger partial charge on any atom is -0.258 e. The fourth-order valence-corrected chi connectivity index (χ4v) is 1.96. The first-order valence-corrected chi connectivity index (χ1v) is 6.14. The molecule has 0 aliphatic rings. The van der Waals surface area contributed by atoms with Crippen LogP contribution in [0.3, 0.4) is 0 Å². The first-order valence-electron chi connectivity index (χ1n) is 6.14. The van der Waals surface area contributed by atoms with Crippen molar-refractivity contribution in [1.29, 1.82) is 0 Å². The average Bonchev–Trinajstić information content (AvgIpc) is 2.90. The number of para-hydroxylation sites is 1. The predicted octanol–water partition coefficient (Wildman–Crippen LogP) is 1.93. The number of rotatable bonds is 3. The molecule has 0 radical (unpaired) electrons. The molecule has 0 saturated heterocycles. The smallest absolute Gasteiger partial charge is 0.258 e. The fourth-order valence-electron chi connectivity index (χ4n) is 1.96. The van der Waals surface area contributed by atoms with E-state index in [1.165, 1.54) is 39.8 Å². The highest BCUT2D eigenvalue weighted by atomic mass is 16.6. The van der Waals surface area contributed by atoms with Crippen molar-refractivity contribution >= 4 is 5.69 Å². The molecular formula is C14H10N4O3. The lowest BCUT2D eigenvalue weighted by molar-refractivity contribution is -0.384. The van der Waals surface area contributed by atoms with Crippen molar-refractivity contribution in [2.75, 3.05) is 0 Å². The summed E-state index contributed by atoms with van der Waals surface area (Å²) in [5, 5.41) is 14.7. The van der Waals surface area contributed by atoms with Crippen molar-refractivity contribution < 1.29 is 4.92 Å². The molecular weight excluding hydrogens is 272 g/mol. The van der Waals surface area contributed by atoms with Crippen LogP contribution in [-0.4, -0.2) is 19.3 Å². The van der Waals surface area contributed by atoms with E-state index in [1.54, 1.807) is 12.1 Å². The molecule has 0 N–H and O–H groups in total. The maximum Gasteiger partial charge on any atom is 0.355 e. The van der Waals surface area contributed by atoms with Gasteiger partial charge in [0.25, 0.3) is 5.69 Å². The lowest BCUT2D eigenvalue weighted by atomic mass is 10.3. The zero-order chi connectivity index (χ0) is 14.8. The molecule has 0 aliphatic carbocycles. The summed E-state index contributed by atoms with van der Waals surface area (Å²) in [6.45, 7) is 0. The summed E-state index contributed by atoms with van der Waals surface area (Å²) in [5.41, 5.74) is 0.813. The van der Waals surface area contributed by atoms with Crippen LogP contribution in [0.1, 0.15) is 0 Å². The number of non-ortho nitro benzene ring substituents is 1. The first kappa shape index (κ1) is 12.8. The second-order valence-corrected chi connectivity index (χ2v) is 4.30. The van der Waals surface area contributed by atoms with Crippen molar-refractivity contribution in [2.24, 2.45) is 0 Å². The van der Waals surface area contributed by atoms with Gasteiger partial charge in [-0.25, -0.2) is 9.36 Å². The standard InChI is InChI=1S/C14H10N4O3/c19-14-16(11-6-8-13(9-7-11)18(20)21)10-15-17(14)12-4-2-1-3-5-12/h1-10H. The van der Waals surface area contributed by atoms with Gasteiger partial charge in [0.1, 0.15) is 6.33 Å². The molecule has 0 bridgehead atoms. The van der Waals surface area contributed by atoms with Gasteiger partial charge in [-0.15, -0.1) is 0 Å². The topological polar surface area (TPSA) is 83.0 Å². The van der Waals surface area contributed by atoms with E-state index in [1.807, 2.05) is 18.2 Å². The predicted molar refractivity (Wildman–Crippen MR) is 75.8 cm³/mol. The summed E-state index contributed by atoms with van der Waals surface area (Å²) in [6, 6.07) is 14.7. The van der Waals surface area contributed by atoms with Crippen LogP contribution in [0.5, 0.6) is 0 Å². The molecule has 3 rings (SSSR count). The maximum absolute atomic E-state index is 12.3. The van der Waals surface area contributed by atoms with Crippen LogP contribution in [0.25, 0.3) is 11.4 Å². The Morgan fingerprint density at radius 3 is 2.24 bits per heavy atom. The molecule has 3 aromatic rings. The average molecular weight is 282 g/mol. The highest BCUT2D eigenvalue weighted by Gasteiger charge is 2.10. The number of benzene rings is 2. The molecule has 2 aromatic carbocycles. The number of hydrogen-bond donors (Lipinski definition) is 0. The van der Waals surface area contributed by atoms with E-state index in [9.17, 15) is 14.9 Å². The third-order valence-electron chi connectivity index (χ3n) is 3.01. The Kier molecular flexibility index (Phi) is 3.07. The monoisotopic (exact) mass is 282 g/mol. The molecule has 7 nitrogen and oxygen atoms in total. The van der Waals surface area contributed by atoms with Gasteiger partial charge < -0.3 is 0 Å². The number of nitro benzene ring substituents is 1.